The van der Waals surface area contributed by atoms with Crippen molar-refractivity contribution in [3.8, 4) is 0 Å². The molecule has 0 aromatic heterocycles. The molecule has 0 aliphatic carbocycles. The smallest absolute Gasteiger partial charge is 0.409 e. The number of piperidine rings is 1. The van der Waals surface area contributed by atoms with Crippen LogP contribution in [0.15, 0.2) is 28.7 Å². The van der Waals surface area contributed by atoms with E-state index >= 15 is 0 Å². The van der Waals surface area contributed by atoms with Crippen LogP contribution in [0.1, 0.15) is 30.1 Å². The maximum Gasteiger partial charge on any atom is 0.409 e. The highest BCUT2D eigenvalue weighted by Gasteiger charge is 2.24. The summed E-state index contributed by atoms with van der Waals surface area (Å²) < 4.78 is 5.92. The molecule has 1 aromatic carbocycles. The molecule has 1 aliphatic rings. The van der Waals surface area contributed by atoms with Gasteiger partial charge in [0.1, 0.15) is 0 Å². The van der Waals surface area contributed by atoms with Gasteiger partial charge in [-0.05, 0) is 44.0 Å². The van der Waals surface area contributed by atoms with Gasteiger partial charge in [0.2, 0.25) is 0 Å². The van der Waals surface area contributed by atoms with E-state index in [9.17, 15) is 9.59 Å². The second-order valence-electron chi connectivity index (χ2n) is 4.94. The van der Waals surface area contributed by atoms with Crippen LogP contribution >= 0.6 is 15.9 Å². The van der Waals surface area contributed by atoms with Crippen LogP contribution in [0.3, 0.4) is 0 Å². The minimum atomic E-state index is -0.268. The molecule has 0 bridgehead atoms. The number of carbonyl (C=O) groups is 2. The number of hydrogen-bond donors (Lipinski definition) is 1. The lowest BCUT2D eigenvalue weighted by molar-refractivity contribution is 0.0860. The largest absolute Gasteiger partial charge is 0.450 e. The summed E-state index contributed by atoms with van der Waals surface area (Å²) in [6.45, 7) is 3.41. The summed E-state index contributed by atoms with van der Waals surface area (Å²) in [4.78, 5) is 25.4. The van der Waals surface area contributed by atoms with Crippen molar-refractivity contribution in [2.75, 3.05) is 19.7 Å². The van der Waals surface area contributed by atoms with Crippen LogP contribution in [0, 0.1) is 0 Å². The van der Waals surface area contributed by atoms with Gasteiger partial charge in [-0.25, -0.2) is 4.79 Å². The molecule has 1 aliphatic heterocycles. The number of amides is 2. The maximum absolute atomic E-state index is 12.1. The Hall–Kier alpha value is -1.56. The average Bonchev–Trinajstić information content (AvgIpc) is 2.49. The molecule has 1 fully saturated rings. The van der Waals surface area contributed by atoms with Crippen LogP contribution in [-0.4, -0.2) is 42.6 Å². The third-order valence-corrected chi connectivity index (χ3v) is 3.99. The Morgan fingerprint density at radius 2 is 1.90 bits per heavy atom. The lowest BCUT2D eigenvalue weighted by Gasteiger charge is -2.31. The lowest BCUT2D eigenvalue weighted by atomic mass is 10.0. The van der Waals surface area contributed by atoms with Gasteiger partial charge in [-0.2, -0.15) is 0 Å². The van der Waals surface area contributed by atoms with Crippen LogP contribution in [0.25, 0.3) is 0 Å². The second kappa shape index (κ2) is 7.45. The highest BCUT2D eigenvalue weighted by molar-refractivity contribution is 9.10. The standard InChI is InChI=1S/C15H19BrN2O3/c1-2-21-15(20)18-9-7-13(8-10-18)17-14(19)11-3-5-12(16)6-4-11/h3-6,13H,2,7-10H2,1H3,(H,17,19). The summed E-state index contributed by atoms with van der Waals surface area (Å²) in [6.07, 6.45) is 1.23. The van der Waals surface area contributed by atoms with Crippen LogP contribution in [0.2, 0.25) is 0 Å². The van der Waals surface area contributed by atoms with Crippen molar-refractivity contribution in [3.05, 3.63) is 34.3 Å². The van der Waals surface area contributed by atoms with Crippen LogP contribution < -0.4 is 5.32 Å². The highest BCUT2D eigenvalue weighted by atomic mass is 79.9. The molecular formula is C15H19BrN2O3. The monoisotopic (exact) mass is 354 g/mol. The quantitative estimate of drug-likeness (QED) is 0.907. The molecule has 1 saturated heterocycles. The van der Waals surface area contributed by atoms with Crippen molar-refractivity contribution in [1.82, 2.24) is 10.2 Å². The van der Waals surface area contributed by atoms with Crippen molar-refractivity contribution in [2.45, 2.75) is 25.8 Å². The van der Waals surface area contributed by atoms with Crippen molar-refractivity contribution in [2.24, 2.45) is 0 Å². The zero-order chi connectivity index (χ0) is 15.2. The Morgan fingerprint density at radius 1 is 1.29 bits per heavy atom. The molecule has 0 atom stereocenters. The number of benzene rings is 1. The van der Waals surface area contributed by atoms with E-state index in [1.165, 1.54) is 0 Å². The van der Waals surface area contributed by atoms with Gasteiger partial charge in [0.15, 0.2) is 0 Å². The molecule has 6 heteroatoms. The fraction of sp³-hybridized carbons (Fsp3) is 0.467. The summed E-state index contributed by atoms with van der Waals surface area (Å²) in [5, 5.41) is 3.01. The van der Waals surface area contributed by atoms with E-state index in [0.29, 0.717) is 25.3 Å². The number of ether oxygens (including phenoxy) is 1. The molecule has 5 nitrogen and oxygen atoms in total. The fourth-order valence-electron chi connectivity index (χ4n) is 2.29. The van der Waals surface area contributed by atoms with E-state index in [-0.39, 0.29) is 18.0 Å². The summed E-state index contributed by atoms with van der Waals surface area (Å²) in [6, 6.07) is 7.36. The maximum atomic E-state index is 12.1. The Morgan fingerprint density at radius 3 is 2.48 bits per heavy atom. The third-order valence-electron chi connectivity index (χ3n) is 3.46. The van der Waals surface area contributed by atoms with Gasteiger partial charge in [-0.3, -0.25) is 4.79 Å². The summed E-state index contributed by atoms with van der Waals surface area (Å²) in [7, 11) is 0. The Labute approximate surface area is 132 Å². The first kappa shape index (κ1) is 15.8. The molecule has 114 valence electrons. The van der Waals surface area contributed by atoms with Gasteiger partial charge in [-0.1, -0.05) is 15.9 Å². The first-order valence-corrected chi connectivity index (χ1v) is 7.87. The normalized spacial score (nSPS) is 15.6. The van der Waals surface area contributed by atoms with Crippen molar-refractivity contribution < 1.29 is 14.3 Å². The van der Waals surface area contributed by atoms with Gasteiger partial charge in [0, 0.05) is 29.2 Å². The van der Waals surface area contributed by atoms with Gasteiger partial charge in [0.25, 0.3) is 5.91 Å². The highest BCUT2D eigenvalue weighted by Crippen LogP contribution is 2.14. The Balaban J connectivity index is 1.82. The van der Waals surface area contributed by atoms with Crippen LogP contribution in [0.5, 0.6) is 0 Å². The Kier molecular flexibility index (Phi) is 5.61. The predicted molar refractivity (Wildman–Crippen MR) is 83.2 cm³/mol. The Bertz CT molecular complexity index is 496. The van der Waals surface area contributed by atoms with Gasteiger partial charge in [-0.15, -0.1) is 0 Å². The van der Waals surface area contributed by atoms with Crippen LogP contribution in [-0.2, 0) is 4.74 Å². The predicted octanol–water partition coefficient (Wildman–Crippen LogP) is 2.80. The van der Waals surface area contributed by atoms with Crippen molar-refractivity contribution in [3.63, 3.8) is 0 Å². The van der Waals surface area contributed by atoms with Gasteiger partial charge in [0.05, 0.1) is 6.61 Å². The molecule has 21 heavy (non-hydrogen) atoms. The summed E-state index contributed by atoms with van der Waals surface area (Å²) in [5.41, 5.74) is 0.644. The topological polar surface area (TPSA) is 58.6 Å². The molecule has 2 amide bonds. The third kappa shape index (κ3) is 4.46. The number of carbonyl (C=O) groups excluding carboxylic acids is 2. The fourth-order valence-corrected chi connectivity index (χ4v) is 2.56. The molecule has 0 unspecified atom stereocenters. The number of hydrogen-bond acceptors (Lipinski definition) is 3. The molecule has 1 heterocycles. The number of likely N-dealkylation sites (tertiary alicyclic amines) is 1. The van der Waals surface area contributed by atoms with Crippen LogP contribution in [0.4, 0.5) is 4.79 Å². The van der Waals surface area contributed by atoms with Gasteiger partial charge >= 0.3 is 6.09 Å². The van der Waals surface area contributed by atoms with E-state index < -0.39 is 0 Å². The minimum absolute atomic E-state index is 0.0721. The van der Waals surface area contributed by atoms with E-state index in [0.717, 1.165) is 17.3 Å². The number of nitrogens with zero attached hydrogens (tertiary/aromatic N) is 1. The number of nitrogens with one attached hydrogen (secondary N) is 1. The number of rotatable bonds is 3. The van der Waals surface area contributed by atoms with E-state index in [4.69, 9.17) is 4.74 Å². The first-order valence-electron chi connectivity index (χ1n) is 7.08. The summed E-state index contributed by atoms with van der Waals surface area (Å²) in [5.74, 6) is -0.0721. The zero-order valence-electron chi connectivity index (χ0n) is 12.0. The molecular weight excluding hydrogens is 336 g/mol. The average molecular weight is 355 g/mol. The second-order valence-corrected chi connectivity index (χ2v) is 5.86. The minimum Gasteiger partial charge on any atom is -0.450 e. The molecule has 0 spiro atoms. The van der Waals surface area contributed by atoms with Crippen molar-refractivity contribution in [1.29, 1.82) is 0 Å². The molecule has 0 radical (unpaired) electrons. The first-order chi connectivity index (χ1) is 10.1. The SMILES string of the molecule is CCOC(=O)N1CCC(NC(=O)c2ccc(Br)cc2)CC1. The lowest BCUT2D eigenvalue weighted by Crippen LogP contribution is -2.46. The van der Waals surface area contributed by atoms with Crippen molar-refractivity contribution >= 4 is 27.9 Å². The van der Waals surface area contributed by atoms with Gasteiger partial charge < -0.3 is 15.0 Å². The zero-order valence-corrected chi connectivity index (χ0v) is 13.6. The summed E-state index contributed by atoms with van der Waals surface area (Å²) >= 11 is 3.34. The molecule has 0 saturated carbocycles. The molecule has 2 rings (SSSR count). The number of halogens is 1. The van der Waals surface area contributed by atoms with E-state index in [1.807, 2.05) is 12.1 Å². The van der Waals surface area contributed by atoms with E-state index in [2.05, 4.69) is 21.2 Å². The molecule has 1 N–H and O–H groups in total. The molecule has 1 aromatic rings. The van der Waals surface area contributed by atoms with E-state index in [1.54, 1.807) is 24.0 Å².